The second-order valence-corrected chi connectivity index (χ2v) is 7.92. The molecular formula is C26H16N4O6. The molecule has 4 aromatic rings. The van der Waals surface area contributed by atoms with Gasteiger partial charge in [0.15, 0.2) is 11.6 Å². The number of rotatable bonds is 6. The second kappa shape index (κ2) is 8.76. The van der Waals surface area contributed by atoms with Crippen molar-refractivity contribution in [1.82, 2.24) is 0 Å². The van der Waals surface area contributed by atoms with E-state index in [1.165, 1.54) is 12.1 Å². The number of nitro benzene ring substituents is 2. The largest absolute Gasteiger partial charge is 0.349 e. The quantitative estimate of drug-likeness (QED) is 0.230. The van der Waals surface area contributed by atoms with Gasteiger partial charge in [0.1, 0.15) is 11.4 Å². The van der Waals surface area contributed by atoms with Crippen molar-refractivity contribution in [2.45, 2.75) is 0 Å². The number of anilines is 4. The Kier molecular flexibility index (Phi) is 5.46. The number of nitrogens with zero attached hydrogens (tertiary/aromatic N) is 2. The van der Waals surface area contributed by atoms with Crippen LogP contribution in [-0.2, 0) is 0 Å². The molecular weight excluding hydrogens is 464 g/mol. The summed E-state index contributed by atoms with van der Waals surface area (Å²) in [6, 6.07) is 21.7. The van der Waals surface area contributed by atoms with E-state index in [1.807, 2.05) is 0 Å². The Bertz CT molecular complexity index is 1450. The Labute approximate surface area is 203 Å². The standard InChI is InChI=1S/C26H16N4O6/c31-25-18-12-14-20(30(35)36)24(28-16-9-5-2-6-10-16)22(18)26(32)17-11-13-19(29(33)34)23(21(17)25)27-15-7-3-1-4-8-15/h1-14,27-28H. The van der Waals surface area contributed by atoms with Gasteiger partial charge in [-0.25, -0.2) is 0 Å². The molecule has 4 aromatic carbocycles. The summed E-state index contributed by atoms with van der Waals surface area (Å²) < 4.78 is 0. The first-order valence-electron chi connectivity index (χ1n) is 10.7. The van der Waals surface area contributed by atoms with E-state index in [2.05, 4.69) is 10.6 Å². The highest BCUT2D eigenvalue weighted by molar-refractivity contribution is 6.33. The van der Waals surface area contributed by atoms with Crippen LogP contribution < -0.4 is 10.6 Å². The second-order valence-electron chi connectivity index (χ2n) is 7.92. The van der Waals surface area contributed by atoms with Crippen LogP contribution in [0, 0.1) is 20.2 Å². The van der Waals surface area contributed by atoms with Crippen LogP contribution in [0.15, 0.2) is 84.9 Å². The van der Waals surface area contributed by atoms with Crippen LogP contribution in [-0.4, -0.2) is 21.4 Å². The molecule has 0 atom stereocenters. The summed E-state index contributed by atoms with van der Waals surface area (Å²) in [7, 11) is 0. The van der Waals surface area contributed by atoms with Crippen molar-refractivity contribution < 1.29 is 19.4 Å². The van der Waals surface area contributed by atoms with E-state index in [9.17, 15) is 29.8 Å². The third kappa shape index (κ3) is 3.72. The lowest BCUT2D eigenvalue weighted by Gasteiger charge is -2.23. The lowest BCUT2D eigenvalue weighted by molar-refractivity contribution is -0.384. The molecule has 0 amide bonds. The van der Waals surface area contributed by atoms with Crippen LogP contribution in [0.3, 0.4) is 0 Å². The predicted molar refractivity (Wildman–Crippen MR) is 133 cm³/mol. The zero-order valence-electron chi connectivity index (χ0n) is 18.4. The van der Waals surface area contributed by atoms with Crippen LogP contribution in [0.2, 0.25) is 0 Å². The Morgan fingerprint density at radius 1 is 0.528 bits per heavy atom. The Hall–Kier alpha value is -5.38. The number of nitrogens with one attached hydrogen (secondary N) is 2. The number of hydrogen-bond donors (Lipinski definition) is 2. The minimum absolute atomic E-state index is 0.0897. The van der Waals surface area contributed by atoms with E-state index >= 15 is 0 Å². The maximum absolute atomic E-state index is 13.7. The first-order chi connectivity index (χ1) is 17.4. The number of benzene rings is 4. The van der Waals surface area contributed by atoms with Crippen molar-refractivity contribution in [2.75, 3.05) is 10.6 Å². The Balaban J connectivity index is 1.73. The summed E-state index contributed by atoms with van der Waals surface area (Å²) in [5, 5.41) is 29.4. The summed E-state index contributed by atoms with van der Waals surface area (Å²) in [5.41, 5.74) is -0.549. The molecule has 0 bridgehead atoms. The van der Waals surface area contributed by atoms with Gasteiger partial charge in [0.2, 0.25) is 0 Å². The number of carbonyl (C=O) groups excluding carboxylic acids is 2. The summed E-state index contributed by atoms with van der Waals surface area (Å²) >= 11 is 0. The van der Waals surface area contributed by atoms with Gasteiger partial charge in [0.25, 0.3) is 11.4 Å². The maximum Gasteiger partial charge on any atom is 0.293 e. The average Bonchev–Trinajstić information content (AvgIpc) is 2.87. The lowest BCUT2D eigenvalue weighted by atomic mass is 9.81. The van der Waals surface area contributed by atoms with Crippen LogP contribution in [0.4, 0.5) is 34.1 Å². The Morgan fingerprint density at radius 3 is 1.22 bits per heavy atom. The molecule has 10 nitrogen and oxygen atoms in total. The van der Waals surface area contributed by atoms with Crippen LogP contribution in [0.1, 0.15) is 31.8 Å². The summed E-state index contributed by atoms with van der Waals surface area (Å²) in [6.07, 6.45) is 0. The minimum Gasteiger partial charge on any atom is -0.349 e. The number of para-hydroxylation sites is 2. The van der Waals surface area contributed by atoms with Crippen molar-refractivity contribution in [3.8, 4) is 0 Å². The molecule has 0 aromatic heterocycles. The van der Waals surface area contributed by atoms with Crippen LogP contribution >= 0.6 is 0 Å². The summed E-state index contributed by atoms with van der Waals surface area (Å²) in [5.74, 6) is -1.32. The molecule has 1 aliphatic rings. The SMILES string of the molecule is O=C1c2ccc([N+](=O)[O-])c(Nc3ccccc3)c2C(=O)c2ccc([N+](=O)[O-])c(Nc3ccccc3)c21. The van der Waals surface area contributed by atoms with Crippen molar-refractivity contribution in [3.63, 3.8) is 0 Å². The molecule has 0 radical (unpaired) electrons. The fraction of sp³-hybridized carbons (Fsp3) is 0. The minimum atomic E-state index is -0.659. The smallest absolute Gasteiger partial charge is 0.293 e. The van der Waals surface area contributed by atoms with Gasteiger partial charge >= 0.3 is 0 Å². The Morgan fingerprint density at radius 2 is 0.889 bits per heavy atom. The third-order valence-corrected chi connectivity index (χ3v) is 5.79. The number of carbonyl (C=O) groups is 2. The number of nitro groups is 2. The van der Waals surface area contributed by atoms with E-state index in [-0.39, 0.29) is 45.0 Å². The van der Waals surface area contributed by atoms with Gasteiger partial charge in [0.05, 0.1) is 21.0 Å². The van der Waals surface area contributed by atoms with Gasteiger partial charge in [-0.1, -0.05) is 36.4 Å². The zero-order valence-corrected chi connectivity index (χ0v) is 18.4. The van der Waals surface area contributed by atoms with Gasteiger partial charge in [-0.05, 0) is 36.4 Å². The van der Waals surface area contributed by atoms with Crippen LogP contribution in [0.5, 0.6) is 0 Å². The molecule has 5 rings (SSSR count). The highest BCUT2D eigenvalue weighted by Crippen LogP contribution is 2.43. The molecule has 0 aliphatic heterocycles. The van der Waals surface area contributed by atoms with E-state index in [1.54, 1.807) is 60.7 Å². The fourth-order valence-electron chi connectivity index (χ4n) is 4.19. The molecule has 10 heteroatoms. The molecule has 176 valence electrons. The summed E-state index contributed by atoms with van der Waals surface area (Å²) in [4.78, 5) is 49.7. The molecule has 0 saturated carbocycles. The fourth-order valence-corrected chi connectivity index (χ4v) is 4.19. The number of fused-ring (bicyclic) bond motifs is 2. The molecule has 0 saturated heterocycles. The predicted octanol–water partition coefficient (Wildman–Crippen LogP) is 5.77. The van der Waals surface area contributed by atoms with Crippen molar-refractivity contribution >= 4 is 45.7 Å². The number of hydrogen-bond acceptors (Lipinski definition) is 8. The van der Waals surface area contributed by atoms with E-state index in [4.69, 9.17) is 0 Å². The van der Waals surface area contributed by atoms with Crippen LogP contribution in [0.25, 0.3) is 0 Å². The monoisotopic (exact) mass is 480 g/mol. The first kappa shape index (κ1) is 22.4. The van der Waals surface area contributed by atoms with E-state index in [0.29, 0.717) is 11.4 Å². The normalized spacial score (nSPS) is 11.9. The molecule has 0 spiro atoms. The third-order valence-electron chi connectivity index (χ3n) is 5.79. The zero-order chi connectivity index (χ0) is 25.4. The lowest BCUT2D eigenvalue weighted by Crippen LogP contribution is -2.24. The van der Waals surface area contributed by atoms with Gasteiger partial charge in [-0.2, -0.15) is 0 Å². The highest BCUT2D eigenvalue weighted by Gasteiger charge is 2.39. The summed E-state index contributed by atoms with van der Waals surface area (Å²) in [6.45, 7) is 0. The highest BCUT2D eigenvalue weighted by atomic mass is 16.6. The topological polar surface area (TPSA) is 144 Å². The van der Waals surface area contributed by atoms with Gasteiger partial charge in [0, 0.05) is 34.6 Å². The van der Waals surface area contributed by atoms with Gasteiger partial charge < -0.3 is 10.6 Å². The average molecular weight is 480 g/mol. The van der Waals surface area contributed by atoms with Crippen molar-refractivity contribution in [1.29, 1.82) is 0 Å². The molecule has 0 heterocycles. The van der Waals surface area contributed by atoms with E-state index in [0.717, 1.165) is 12.1 Å². The molecule has 2 N–H and O–H groups in total. The molecule has 36 heavy (non-hydrogen) atoms. The molecule has 0 unspecified atom stereocenters. The first-order valence-corrected chi connectivity index (χ1v) is 10.7. The van der Waals surface area contributed by atoms with Gasteiger partial charge in [-0.3, -0.25) is 29.8 Å². The van der Waals surface area contributed by atoms with Crippen molar-refractivity contribution in [2.24, 2.45) is 0 Å². The van der Waals surface area contributed by atoms with Crippen molar-refractivity contribution in [3.05, 3.63) is 127 Å². The number of ketones is 2. The maximum atomic E-state index is 13.7. The van der Waals surface area contributed by atoms with Gasteiger partial charge in [-0.15, -0.1) is 0 Å². The molecule has 1 aliphatic carbocycles. The molecule has 0 fully saturated rings. The van der Waals surface area contributed by atoms with E-state index < -0.39 is 21.4 Å².